The van der Waals surface area contributed by atoms with Gasteiger partial charge in [0.05, 0.1) is 11.0 Å². The Morgan fingerprint density at radius 1 is 0.833 bits per heavy atom. The Balaban J connectivity index is 0.000000201. The van der Waals surface area contributed by atoms with E-state index in [1.807, 2.05) is 77.9 Å². The molecule has 2 heterocycles. The second-order valence-corrected chi connectivity index (χ2v) is 11.3. The van der Waals surface area contributed by atoms with Crippen LogP contribution in [0, 0.1) is 0 Å². The minimum Gasteiger partial charge on any atom is -0.443 e. The maximum atomic E-state index is 12.0. The van der Waals surface area contributed by atoms with Gasteiger partial charge < -0.3 is 9.47 Å². The average Bonchev–Trinajstić information content (AvgIpc) is 3.40. The molecular formula is C26H31Br2N4O4+. The van der Waals surface area contributed by atoms with Crippen molar-refractivity contribution in [1.82, 2.24) is 14.1 Å². The van der Waals surface area contributed by atoms with Gasteiger partial charge in [0.2, 0.25) is 0 Å². The van der Waals surface area contributed by atoms with Crippen molar-refractivity contribution < 1.29 is 24.0 Å². The van der Waals surface area contributed by atoms with Gasteiger partial charge in [0.1, 0.15) is 17.5 Å². The summed E-state index contributed by atoms with van der Waals surface area (Å²) in [5.74, 6) is 0. The van der Waals surface area contributed by atoms with E-state index in [0.29, 0.717) is 0 Å². The summed E-state index contributed by atoms with van der Waals surface area (Å²) in [7, 11) is 0. The van der Waals surface area contributed by atoms with E-state index in [0.717, 1.165) is 43.9 Å². The number of aromatic nitrogens is 4. The van der Waals surface area contributed by atoms with E-state index in [2.05, 4.69) is 41.8 Å². The average molecular weight is 623 g/mol. The highest BCUT2D eigenvalue weighted by molar-refractivity contribution is 9.08. The van der Waals surface area contributed by atoms with Crippen molar-refractivity contribution in [1.29, 1.82) is 0 Å². The number of carbonyl (C=O) groups excluding carboxylic acids is 2. The van der Waals surface area contributed by atoms with Gasteiger partial charge in [0.15, 0.2) is 11.0 Å². The first-order valence-electron chi connectivity index (χ1n) is 11.4. The lowest BCUT2D eigenvalue weighted by Crippen LogP contribution is -2.27. The predicted molar refractivity (Wildman–Crippen MR) is 147 cm³/mol. The van der Waals surface area contributed by atoms with E-state index in [-0.39, 0.29) is 6.09 Å². The van der Waals surface area contributed by atoms with Crippen molar-refractivity contribution in [3.05, 3.63) is 60.2 Å². The molecule has 0 aliphatic carbocycles. The zero-order valence-electron chi connectivity index (χ0n) is 21.3. The fourth-order valence-electron chi connectivity index (χ4n) is 3.25. The largest absolute Gasteiger partial charge is 0.512 e. The number of hydrogen-bond acceptors (Lipinski definition) is 5. The van der Waals surface area contributed by atoms with Crippen LogP contribution in [0.4, 0.5) is 9.59 Å². The minimum absolute atomic E-state index is 0.375. The summed E-state index contributed by atoms with van der Waals surface area (Å²) in [6.45, 7) is 11.1. The number of ether oxygens (including phenoxy) is 2. The third-order valence-electron chi connectivity index (χ3n) is 4.77. The summed E-state index contributed by atoms with van der Waals surface area (Å²) in [5, 5.41) is 1.52. The first-order valence-corrected chi connectivity index (χ1v) is 13.6. The van der Waals surface area contributed by atoms with Crippen LogP contribution in [-0.2, 0) is 20.1 Å². The molecule has 0 aliphatic rings. The number of hydrogen-bond donors (Lipinski definition) is 0. The number of alkyl halides is 2. The van der Waals surface area contributed by atoms with Gasteiger partial charge in [-0.05, 0) is 76.9 Å². The fourth-order valence-corrected chi connectivity index (χ4v) is 3.94. The molecule has 36 heavy (non-hydrogen) atoms. The van der Waals surface area contributed by atoms with Crippen molar-refractivity contribution in [2.75, 3.05) is 0 Å². The van der Waals surface area contributed by atoms with E-state index in [4.69, 9.17) is 9.47 Å². The maximum absolute atomic E-state index is 12.0. The van der Waals surface area contributed by atoms with Crippen molar-refractivity contribution in [2.24, 2.45) is 0 Å². The molecule has 4 rings (SSSR count). The van der Waals surface area contributed by atoms with Gasteiger partial charge in [0, 0.05) is 10.7 Å². The fraction of sp³-hybridized carbons (Fsp3) is 0.385. The van der Waals surface area contributed by atoms with Crippen molar-refractivity contribution >= 4 is 66.1 Å². The molecule has 0 amide bonds. The zero-order valence-corrected chi connectivity index (χ0v) is 24.4. The number of nitrogens with one attached hydrogen (secondary N) is 1. The highest BCUT2D eigenvalue weighted by Gasteiger charge is 2.24. The van der Waals surface area contributed by atoms with E-state index >= 15 is 0 Å². The SMILES string of the molecule is CC(C)(C)OC(=O)n1c[nH+]c2ccc(CBr)cc21.CC(C)(C)OC(=O)n1cnc2cc(CBr)ccc21. The molecule has 0 unspecified atom stereocenters. The minimum atomic E-state index is -0.510. The Morgan fingerprint density at radius 3 is 1.97 bits per heavy atom. The number of benzene rings is 2. The molecular weight excluding hydrogens is 592 g/mol. The van der Waals surface area contributed by atoms with Crippen LogP contribution >= 0.6 is 31.9 Å². The van der Waals surface area contributed by atoms with Gasteiger partial charge in [-0.25, -0.2) is 19.3 Å². The van der Waals surface area contributed by atoms with Crippen LogP contribution in [0.25, 0.3) is 22.1 Å². The third-order valence-corrected chi connectivity index (χ3v) is 6.07. The third kappa shape index (κ3) is 7.16. The molecule has 4 aromatic rings. The van der Waals surface area contributed by atoms with Crippen LogP contribution in [0.15, 0.2) is 49.1 Å². The molecule has 0 saturated heterocycles. The number of fused-ring (bicyclic) bond motifs is 2. The lowest BCUT2D eigenvalue weighted by atomic mass is 10.2. The molecule has 10 heteroatoms. The van der Waals surface area contributed by atoms with Crippen LogP contribution in [0.3, 0.4) is 0 Å². The quantitative estimate of drug-likeness (QED) is 0.228. The summed E-state index contributed by atoms with van der Waals surface area (Å²) < 4.78 is 13.6. The van der Waals surface area contributed by atoms with Crippen molar-refractivity contribution in [3.8, 4) is 0 Å². The normalized spacial score (nSPS) is 11.8. The van der Waals surface area contributed by atoms with E-state index in [9.17, 15) is 9.59 Å². The van der Waals surface area contributed by atoms with Gasteiger partial charge in [-0.2, -0.15) is 4.79 Å². The molecule has 192 valence electrons. The molecule has 0 aliphatic heterocycles. The van der Waals surface area contributed by atoms with E-state index in [1.54, 1.807) is 6.33 Å². The Labute approximate surface area is 227 Å². The van der Waals surface area contributed by atoms with Gasteiger partial charge in [-0.3, -0.25) is 0 Å². The molecule has 0 radical (unpaired) electrons. The van der Waals surface area contributed by atoms with Gasteiger partial charge in [-0.1, -0.05) is 44.0 Å². The van der Waals surface area contributed by atoms with Crippen LogP contribution in [-0.4, -0.2) is 37.5 Å². The molecule has 1 N–H and O–H groups in total. The summed E-state index contributed by atoms with van der Waals surface area (Å²) in [6.07, 6.45) is 2.34. The number of carbonyl (C=O) groups is 2. The maximum Gasteiger partial charge on any atom is 0.512 e. The molecule has 0 fully saturated rings. The van der Waals surface area contributed by atoms with Crippen molar-refractivity contribution in [2.45, 2.75) is 63.4 Å². The number of aromatic amines is 1. The first kappa shape index (κ1) is 27.9. The number of nitrogens with zero attached hydrogens (tertiary/aromatic N) is 3. The Hall–Kier alpha value is -2.72. The highest BCUT2D eigenvalue weighted by atomic mass is 79.9. The van der Waals surface area contributed by atoms with E-state index < -0.39 is 17.3 Å². The Morgan fingerprint density at radius 2 is 1.39 bits per heavy atom. The van der Waals surface area contributed by atoms with Gasteiger partial charge >= 0.3 is 12.2 Å². The summed E-state index contributed by atoms with van der Waals surface area (Å²) in [6, 6.07) is 11.7. The second-order valence-electron chi connectivity index (χ2n) is 10.2. The first-order chi connectivity index (χ1) is 16.8. The number of halogens is 2. The number of rotatable bonds is 2. The molecule has 0 bridgehead atoms. The van der Waals surface area contributed by atoms with Gasteiger partial charge in [0.25, 0.3) is 6.33 Å². The molecule has 0 atom stereocenters. The second kappa shape index (κ2) is 11.1. The lowest BCUT2D eigenvalue weighted by molar-refractivity contribution is -0.345. The summed E-state index contributed by atoms with van der Waals surface area (Å²) in [4.78, 5) is 31.3. The zero-order chi connectivity index (χ0) is 26.7. The Kier molecular flexibility index (Phi) is 8.61. The van der Waals surface area contributed by atoms with Crippen LogP contribution < -0.4 is 4.98 Å². The van der Waals surface area contributed by atoms with Crippen molar-refractivity contribution in [3.63, 3.8) is 0 Å². The van der Waals surface area contributed by atoms with Crippen LogP contribution in [0.5, 0.6) is 0 Å². The smallest absolute Gasteiger partial charge is 0.443 e. The standard InChI is InChI=1S/2C13H15BrN2O2/c1-13(2,3)18-12(17)16-8-15-10-6-9(7-14)4-5-11(10)16;1-13(2,3)18-12(17)16-8-15-10-5-4-9(7-14)6-11(10)16/h2*4-6,8H,7H2,1-3H3/p+1. The number of imidazole rings is 2. The van der Waals surface area contributed by atoms with Crippen LogP contribution in [0.2, 0.25) is 0 Å². The van der Waals surface area contributed by atoms with Gasteiger partial charge in [-0.15, -0.1) is 4.57 Å². The monoisotopic (exact) mass is 621 g/mol. The van der Waals surface area contributed by atoms with E-state index in [1.165, 1.54) is 15.5 Å². The molecule has 0 spiro atoms. The topological polar surface area (TPSA) is 89.5 Å². The number of H-pyrrole nitrogens is 1. The summed E-state index contributed by atoms with van der Waals surface area (Å²) in [5.41, 5.74) is 4.50. The molecule has 2 aromatic carbocycles. The molecule has 2 aromatic heterocycles. The highest BCUT2D eigenvalue weighted by Crippen LogP contribution is 2.19. The lowest BCUT2D eigenvalue weighted by Gasteiger charge is -2.19. The van der Waals surface area contributed by atoms with Crippen LogP contribution in [0.1, 0.15) is 52.7 Å². The Bertz CT molecular complexity index is 1380. The predicted octanol–water partition coefficient (Wildman–Crippen LogP) is 6.85. The molecule has 0 saturated carbocycles. The molecule has 8 nitrogen and oxygen atoms in total. The summed E-state index contributed by atoms with van der Waals surface area (Å²) >= 11 is 6.80.